The number of anilines is 1. The summed E-state index contributed by atoms with van der Waals surface area (Å²) in [7, 11) is 1.28. The Labute approximate surface area is 173 Å². The first kappa shape index (κ1) is 20.8. The number of aryl methyl sites for hydroxylation is 1. The Morgan fingerprint density at radius 3 is 2.47 bits per heavy atom. The molecule has 2 aromatic carbocycles. The third-order valence-electron chi connectivity index (χ3n) is 4.28. The van der Waals surface area contributed by atoms with E-state index < -0.39 is 5.97 Å². The van der Waals surface area contributed by atoms with Crippen molar-refractivity contribution in [3.8, 4) is 0 Å². The highest BCUT2D eigenvalue weighted by molar-refractivity contribution is 6.05. The molecule has 3 rings (SSSR count). The average molecular weight is 406 g/mol. The zero-order valence-corrected chi connectivity index (χ0v) is 16.7. The first-order chi connectivity index (χ1) is 14.4. The maximum Gasteiger partial charge on any atom is 0.337 e. The average Bonchev–Trinajstić information content (AvgIpc) is 3.16. The van der Waals surface area contributed by atoms with Crippen molar-refractivity contribution in [1.29, 1.82) is 0 Å². The van der Waals surface area contributed by atoms with E-state index in [-0.39, 0.29) is 30.5 Å². The lowest BCUT2D eigenvalue weighted by molar-refractivity contribution is -0.122. The summed E-state index contributed by atoms with van der Waals surface area (Å²) in [5, 5.41) is 9.74. The van der Waals surface area contributed by atoms with Gasteiger partial charge in [-0.05, 0) is 48.9 Å². The highest BCUT2D eigenvalue weighted by Gasteiger charge is 2.13. The van der Waals surface area contributed by atoms with E-state index in [4.69, 9.17) is 4.74 Å². The minimum absolute atomic E-state index is 0.0854. The van der Waals surface area contributed by atoms with Crippen molar-refractivity contribution in [3.05, 3.63) is 83.2 Å². The monoisotopic (exact) mass is 406 g/mol. The van der Waals surface area contributed by atoms with Crippen LogP contribution in [-0.4, -0.2) is 34.7 Å². The summed E-state index contributed by atoms with van der Waals surface area (Å²) < 4.78 is 6.33. The SMILES string of the molecule is COC(=O)c1cc(CNC(=O)Cn2ccc(C)n2)cc(NC(=O)c2ccccc2)c1. The molecular formula is C22H22N4O4. The summed E-state index contributed by atoms with van der Waals surface area (Å²) in [6.45, 7) is 2.11. The van der Waals surface area contributed by atoms with Gasteiger partial charge in [0.2, 0.25) is 5.91 Å². The van der Waals surface area contributed by atoms with E-state index in [0.29, 0.717) is 16.8 Å². The Morgan fingerprint density at radius 1 is 1.03 bits per heavy atom. The van der Waals surface area contributed by atoms with Crippen molar-refractivity contribution >= 4 is 23.5 Å². The van der Waals surface area contributed by atoms with E-state index in [1.165, 1.54) is 13.2 Å². The minimum atomic E-state index is -0.537. The van der Waals surface area contributed by atoms with Crippen molar-refractivity contribution in [1.82, 2.24) is 15.1 Å². The number of ether oxygens (including phenoxy) is 1. The molecule has 1 aromatic heterocycles. The number of aromatic nitrogens is 2. The summed E-state index contributed by atoms with van der Waals surface area (Å²) in [6, 6.07) is 15.4. The van der Waals surface area contributed by atoms with Gasteiger partial charge in [-0.2, -0.15) is 5.10 Å². The Morgan fingerprint density at radius 2 is 1.80 bits per heavy atom. The molecule has 0 bridgehead atoms. The topological polar surface area (TPSA) is 102 Å². The summed E-state index contributed by atoms with van der Waals surface area (Å²) in [4.78, 5) is 36.6. The third-order valence-corrected chi connectivity index (χ3v) is 4.28. The van der Waals surface area contributed by atoms with Crippen molar-refractivity contribution in [3.63, 3.8) is 0 Å². The molecule has 30 heavy (non-hydrogen) atoms. The van der Waals surface area contributed by atoms with Crippen molar-refractivity contribution in [2.75, 3.05) is 12.4 Å². The molecular weight excluding hydrogens is 384 g/mol. The number of amides is 2. The lowest BCUT2D eigenvalue weighted by atomic mass is 10.1. The maximum atomic E-state index is 12.4. The first-order valence-corrected chi connectivity index (χ1v) is 9.30. The van der Waals surface area contributed by atoms with Crippen molar-refractivity contribution < 1.29 is 19.1 Å². The number of carbonyl (C=O) groups is 3. The number of nitrogens with one attached hydrogen (secondary N) is 2. The molecule has 2 amide bonds. The van der Waals surface area contributed by atoms with Crippen LogP contribution in [-0.2, 0) is 22.6 Å². The summed E-state index contributed by atoms with van der Waals surface area (Å²) >= 11 is 0. The molecule has 154 valence electrons. The fraction of sp³-hybridized carbons (Fsp3) is 0.182. The molecule has 0 saturated heterocycles. The molecule has 0 unspecified atom stereocenters. The number of rotatable bonds is 7. The normalized spacial score (nSPS) is 10.3. The number of benzene rings is 2. The van der Waals surface area contributed by atoms with Gasteiger partial charge in [0.15, 0.2) is 0 Å². The first-order valence-electron chi connectivity index (χ1n) is 9.30. The van der Waals surface area contributed by atoms with Gasteiger partial charge in [-0.15, -0.1) is 0 Å². The zero-order valence-electron chi connectivity index (χ0n) is 16.7. The van der Waals surface area contributed by atoms with Gasteiger partial charge in [-0.25, -0.2) is 4.79 Å². The molecule has 0 fully saturated rings. The summed E-state index contributed by atoms with van der Waals surface area (Å²) in [6.07, 6.45) is 1.73. The minimum Gasteiger partial charge on any atom is -0.465 e. The Kier molecular flexibility index (Phi) is 6.59. The predicted molar refractivity (Wildman–Crippen MR) is 111 cm³/mol. The molecule has 0 radical (unpaired) electrons. The van der Waals surface area contributed by atoms with Crippen LogP contribution in [0.25, 0.3) is 0 Å². The number of hydrogen-bond acceptors (Lipinski definition) is 5. The Bertz CT molecular complexity index is 1060. The number of nitrogens with zero attached hydrogens (tertiary/aromatic N) is 2. The number of methoxy groups -OCH3 is 1. The van der Waals surface area contributed by atoms with Gasteiger partial charge < -0.3 is 15.4 Å². The quantitative estimate of drug-likeness (QED) is 0.587. The fourth-order valence-corrected chi connectivity index (χ4v) is 2.85. The van der Waals surface area contributed by atoms with Crippen molar-refractivity contribution in [2.45, 2.75) is 20.0 Å². The second-order valence-corrected chi connectivity index (χ2v) is 6.66. The summed E-state index contributed by atoms with van der Waals surface area (Å²) in [5.74, 6) is -1.07. The Hall–Kier alpha value is -3.94. The van der Waals surface area contributed by atoms with Gasteiger partial charge in [0, 0.05) is 24.0 Å². The summed E-state index contributed by atoms with van der Waals surface area (Å²) in [5.41, 5.74) is 2.66. The van der Waals surface area contributed by atoms with Crippen LogP contribution in [0.4, 0.5) is 5.69 Å². The predicted octanol–water partition coefficient (Wildman–Crippen LogP) is 2.55. The smallest absolute Gasteiger partial charge is 0.337 e. The van der Waals surface area contributed by atoms with Gasteiger partial charge in [0.25, 0.3) is 5.91 Å². The molecule has 8 nitrogen and oxygen atoms in total. The molecule has 3 aromatic rings. The molecule has 8 heteroatoms. The van der Waals surface area contributed by atoms with Gasteiger partial charge in [0.1, 0.15) is 6.54 Å². The lowest BCUT2D eigenvalue weighted by Crippen LogP contribution is -2.27. The molecule has 0 aliphatic heterocycles. The number of esters is 1. The standard InChI is InChI=1S/C22H22N4O4/c1-15-8-9-26(25-15)14-20(27)23-13-16-10-18(22(29)30-2)12-19(11-16)24-21(28)17-6-4-3-5-7-17/h3-12H,13-14H2,1-2H3,(H,23,27)(H,24,28). The van der Waals surface area contributed by atoms with Crippen LogP contribution >= 0.6 is 0 Å². The highest BCUT2D eigenvalue weighted by Crippen LogP contribution is 2.17. The van der Waals surface area contributed by atoms with E-state index in [0.717, 1.165) is 5.69 Å². The Balaban J connectivity index is 1.72. The molecule has 0 spiro atoms. The number of carbonyl (C=O) groups excluding carboxylic acids is 3. The van der Waals surface area contributed by atoms with E-state index in [2.05, 4.69) is 15.7 Å². The second-order valence-electron chi connectivity index (χ2n) is 6.66. The molecule has 0 aliphatic rings. The van der Waals surface area contributed by atoms with E-state index >= 15 is 0 Å². The fourth-order valence-electron chi connectivity index (χ4n) is 2.85. The lowest BCUT2D eigenvalue weighted by Gasteiger charge is -2.11. The highest BCUT2D eigenvalue weighted by atomic mass is 16.5. The zero-order chi connectivity index (χ0) is 21.5. The van der Waals surface area contributed by atoms with Gasteiger partial charge in [-0.1, -0.05) is 18.2 Å². The van der Waals surface area contributed by atoms with E-state index in [1.807, 2.05) is 19.1 Å². The van der Waals surface area contributed by atoms with Crippen LogP contribution in [0, 0.1) is 6.92 Å². The second kappa shape index (κ2) is 9.51. The van der Waals surface area contributed by atoms with Crippen LogP contribution in [0.5, 0.6) is 0 Å². The molecule has 0 saturated carbocycles. The molecule has 0 atom stereocenters. The maximum absolute atomic E-state index is 12.4. The number of hydrogen-bond donors (Lipinski definition) is 2. The molecule has 0 aliphatic carbocycles. The van der Waals surface area contributed by atoms with Crippen LogP contribution in [0.3, 0.4) is 0 Å². The van der Waals surface area contributed by atoms with Crippen LogP contribution in [0.2, 0.25) is 0 Å². The van der Waals surface area contributed by atoms with Crippen molar-refractivity contribution in [2.24, 2.45) is 0 Å². The van der Waals surface area contributed by atoms with Crippen LogP contribution in [0.15, 0.2) is 60.8 Å². The largest absolute Gasteiger partial charge is 0.465 e. The van der Waals surface area contributed by atoms with Gasteiger partial charge >= 0.3 is 5.97 Å². The third kappa shape index (κ3) is 5.54. The molecule has 2 N–H and O–H groups in total. The molecule has 1 heterocycles. The van der Waals surface area contributed by atoms with E-state index in [9.17, 15) is 14.4 Å². The van der Waals surface area contributed by atoms with Gasteiger partial charge in [0.05, 0.1) is 18.4 Å². The van der Waals surface area contributed by atoms with Gasteiger partial charge in [-0.3, -0.25) is 14.3 Å². The van der Waals surface area contributed by atoms with Crippen LogP contribution in [0.1, 0.15) is 32.0 Å². The van der Waals surface area contributed by atoms with Crippen LogP contribution < -0.4 is 10.6 Å². The van der Waals surface area contributed by atoms with E-state index in [1.54, 1.807) is 47.3 Å².